The number of nitrogens with two attached hydrogens (primary N) is 2. The van der Waals surface area contributed by atoms with Crippen LogP contribution in [0.2, 0.25) is 0 Å². The van der Waals surface area contributed by atoms with Crippen molar-refractivity contribution in [3.63, 3.8) is 0 Å². The Balaban J connectivity index is 2.15. The van der Waals surface area contributed by atoms with Gasteiger partial charge >= 0.3 is 0 Å². The fourth-order valence-corrected chi connectivity index (χ4v) is 1.71. The Morgan fingerprint density at radius 3 is 2.79 bits per heavy atom. The van der Waals surface area contributed by atoms with Gasteiger partial charge in [-0.05, 0) is 36.1 Å². The van der Waals surface area contributed by atoms with E-state index in [-0.39, 0.29) is 11.9 Å². The number of anilines is 1. The third-order valence-corrected chi connectivity index (χ3v) is 2.73. The minimum atomic E-state index is -0.263. The number of halogens is 1. The minimum absolute atomic E-state index is 0.113. The van der Waals surface area contributed by atoms with Gasteiger partial charge in [0.2, 0.25) is 0 Å². The van der Waals surface area contributed by atoms with Crippen LogP contribution >= 0.6 is 0 Å². The summed E-state index contributed by atoms with van der Waals surface area (Å²) in [7, 11) is 0. The predicted octanol–water partition coefficient (Wildman–Crippen LogP) is 2.21. The van der Waals surface area contributed by atoms with Crippen LogP contribution in [0.15, 0.2) is 18.2 Å². The van der Waals surface area contributed by atoms with Gasteiger partial charge in [0.1, 0.15) is 5.82 Å². The van der Waals surface area contributed by atoms with E-state index in [9.17, 15) is 4.39 Å². The van der Waals surface area contributed by atoms with E-state index in [0.29, 0.717) is 5.69 Å². The zero-order valence-corrected chi connectivity index (χ0v) is 8.04. The Kier molecular flexibility index (Phi) is 2.42. The van der Waals surface area contributed by atoms with Crippen molar-refractivity contribution in [3.05, 3.63) is 29.6 Å². The molecule has 1 aromatic carbocycles. The first-order valence-corrected chi connectivity index (χ1v) is 4.97. The molecule has 0 unspecified atom stereocenters. The number of benzene rings is 1. The molecular weight excluding hydrogens is 179 g/mol. The summed E-state index contributed by atoms with van der Waals surface area (Å²) < 4.78 is 12.9. The predicted molar refractivity (Wildman–Crippen MR) is 55.1 cm³/mol. The molecule has 0 aliphatic heterocycles. The van der Waals surface area contributed by atoms with Gasteiger partial charge in [-0.3, -0.25) is 0 Å². The summed E-state index contributed by atoms with van der Waals surface area (Å²) in [4.78, 5) is 0. The maximum absolute atomic E-state index is 12.9. The second-order valence-corrected chi connectivity index (χ2v) is 4.06. The molecule has 0 radical (unpaired) electrons. The standard InChI is InChI=1S/C11H15FN2/c12-8-3-4-10(13)9(6-8)11(14)5-7-1-2-7/h3-4,6-7,11H,1-2,5,13-14H2/t11-/m0/s1. The zero-order valence-electron chi connectivity index (χ0n) is 8.04. The van der Waals surface area contributed by atoms with Crippen molar-refractivity contribution in [1.29, 1.82) is 0 Å². The van der Waals surface area contributed by atoms with Gasteiger partial charge < -0.3 is 11.5 Å². The van der Waals surface area contributed by atoms with E-state index in [1.807, 2.05) is 0 Å². The smallest absolute Gasteiger partial charge is 0.123 e. The number of hydrogen-bond acceptors (Lipinski definition) is 2. The summed E-state index contributed by atoms with van der Waals surface area (Å²) in [6.07, 6.45) is 3.43. The Morgan fingerprint density at radius 1 is 1.43 bits per heavy atom. The molecule has 0 saturated heterocycles. The van der Waals surface area contributed by atoms with Crippen LogP contribution in [0.3, 0.4) is 0 Å². The molecule has 0 bridgehead atoms. The molecule has 0 spiro atoms. The van der Waals surface area contributed by atoms with E-state index < -0.39 is 0 Å². The van der Waals surface area contributed by atoms with Crippen molar-refractivity contribution < 1.29 is 4.39 Å². The second-order valence-electron chi connectivity index (χ2n) is 4.06. The maximum Gasteiger partial charge on any atom is 0.123 e. The van der Waals surface area contributed by atoms with Crippen molar-refractivity contribution in [2.24, 2.45) is 11.7 Å². The normalized spacial score (nSPS) is 18.1. The van der Waals surface area contributed by atoms with Gasteiger partial charge in [-0.1, -0.05) is 12.8 Å². The van der Waals surface area contributed by atoms with Crippen molar-refractivity contribution in [1.82, 2.24) is 0 Å². The summed E-state index contributed by atoms with van der Waals surface area (Å²) in [6.45, 7) is 0. The first-order valence-electron chi connectivity index (χ1n) is 4.97. The highest BCUT2D eigenvalue weighted by molar-refractivity contribution is 5.48. The molecule has 0 amide bonds. The molecule has 1 saturated carbocycles. The lowest BCUT2D eigenvalue weighted by molar-refractivity contribution is 0.584. The zero-order chi connectivity index (χ0) is 10.1. The summed E-state index contributed by atoms with van der Waals surface area (Å²) in [6, 6.07) is 4.28. The maximum atomic E-state index is 12.9. The quantitative estimate of drug-likeness (QED) is 0.725. The topological polar surface area (TPSA) is 52.0 Å². The second kappa shape index (κ2) is 3.58. The van der Waals surface area contributed by atoms with E-state index in [1.54, 1.807) is 6.07 Å². The highest BCUT2D eigenvalue weighted by atomic mass is 19.1. The van der Waals surface area contributed by atoms with Gasteiger partial charge in [-0.25, -0.2) is 4.39 Å². The summed E-state index contributed by atoms with van der Waals surface area (Å²) in [5.41, 5.74) is 13.0. The Morgan fingerprint density at radius 2 is 2.14 bits per heavy atom. The average Bonchev–Trinajstić information content (AvgIpc) is 2.93. The van der Waals surface area contributed by atoms with Crippen LogP contribution in [-0.2, 0) is 0 Å². The first kappa shape index (κ1) is 9.46. The largest absolute Gasteiger partial charge is 0.398 e. The first-order chi connectivity index (χ1) is 6.66. The monoisotopic (exact) mass is 194 g/mol. The summed E-state index contributed by atoms with van der Waals surface area (Å²) in [5.74, 6) is 0.466. The van der Waals surface area contributed by atoms with E-state index >= 15 is 0 Å². The molecule has 2 nitrogen and oxygen atoms in total. The van der Waals surface area contributed by atoms with Gasteiger partial charge in [-0.15, -0.1) is 0 Å². The Hall–Kier alpha value is -1.09. The molecule has 4 N–H and O–H groups in total. The van der Waals surface area contributed by atoms with Crippen LogP contribution in [0.1, 0.15) is 30.9 Å². The summed E-state index contributed by atoms with van der Waals surface area (Å²) >= 11 is 0. The molecule has 0 aromatic heterocycles. The van der Waals surface area contributed by atoms with Crippen LogP contribution < -0.4 is 11.5 Å². The minimum Gasteiger partial charge on any atom is -0.398 e. The van der Waals surface area contributed by atoms with E-state index in [1.165, 1.54) is 25.0 Å². The van der Waals surface area contributed by atoms with Gasteiger partial charge in [-0.2, -0.15) is 0 Å². The fraction of sp³-hybridized carbons (Fsp3) is 0.455. The van der Waals surface area contributed by atoms with E-state index in [2.05, 4.69) is 0 Å². The molecule has 3 heteroatoms. The van der Waals surface area contributed by atoms with Crippen LogP contribution in [0, 0.1) is 11.7 Å². The molecule has 1 aliphatic carbocycles. The van der Waals surface area contributed by atoms with E-state index in [4.69, 9.17) is 11.5 Å². The molecule has 1 aliphatic rings. The molecular formula is C11H15FN2. The molecule has 76 valence electrons. The third-order valence-electron chi connectivity index (χ3n) is 2.73. The van der Waals surface area contributed by atoms with Gasteiger partial charge in [0.15, 0.2) is 0 Å². The lowest BCUT2D eigenvalue weighted by Gasteiger charge is -2.13. The molecule has 1 aromatic rings. The van der Waals surface area contributed by atoms with Crippen LogP contribution in [-0.4, -0.2) is 0 Å². The lowest BCUT2D eigenvalue weighted by atomic mass is 10.0. The fourth-order valence-electron chi connectivity index (χ4n) is 1.71. The van der Waals surface area contributed by atoms with Crippen molar-refractivity contribution in [2.45, 2.75) is 25.3 Å². The van der Waals surface area contributed by atoms with Gasteiger partial charge in [0.25, 0.3) is 0 Å². The summed E-state index contributed by atoms with van der Waals surface area (Å²) in [5, 5.41) is 0. The molecule has 1 atom stereocenters. The van der Waals surface area contributed by atoms with Gasteiger partial charge in [0, 0.05) is 11.7 Å². The van der Waals surface area contributed by atoms with E-state index in [0.717, 1.165) is 17.9 Å². The Bertz CT molecular complexity index is 334. The third kappa shape index (κ3) is 2.04. The average molecular weight is 194 g/mol. The van der Waals surface area contributed by atoms with Crippen molar-refractivity contribution in [2.75, 3.05) is 5.73 Å². The number of nitrogen functional groups attached to an aromatic ring is 1. The molecule has 1 fully saturated rings. The molecule has 14 heavy (non-hydrogen) atoms. The lowest BCUT2D eigenvalue weighted by Crippen LogP contribution is -2.13. The van der Waals surface area contributed by atoms with Crippen molar-refractivity contribution in [3.8, 4) is 0 Å². The van der Waals surface area contributed by atoms with Crippen LogP contribution in [0.5, 0.6) is 0 Å². The number of hydrogen-bond donors (Lipinski definition) is 2. The SMILES string of the molecule is Nc1ccc(F)cc1[C@@H](N)CC1CC1. The van der Waals surface area contributed by atoms with Crippen molar-refractivity contribution >= 4 is 5.69 Å². The molecule has 0 heterocycles. The van der Waals surface area contributed by atoms with Crippen LogP contribution in [0.25, 0.3) is 0 Å². The number of rotatable bonds is 3. The molecule has 2 rings (SSSR count). The van der Waals surface area contributed by atoms with Gasteiger partial charge in [0.05, 0.1) is 0 Å². The van der Waals surface area contributed by atoms with Crippen LogP contribution in [0.4, 0.5) is 10.1 Å². The highest BCUT2D eigenvalue weighted by Crippen LogP contribution is 2.37. The Labute approximate surface area is 83.1 Å². The highest BCUT2D eigenvalue weighted by Gasteiger charge is 2.25.